The molecule has 2 nitrogen and oxygen atoms in total. The van der Waals surface area contributed by atoms with Crippen LogP contribution in [0.3, 0.4) is 0 Å². The highest BCUT2D eigenvalue weighted by atomic mass is 16.3. The van der Waals surface area contributed by atoms with Crippen molar-refractivity contribution in [1.82, 2.24) is 0 Å². The summed E-state index contributed by atoms with van der Waals surface area (Å²) in [6.07, 6.45) is 0. The van der Waals surface area contributed by atoms with Crippen molar-refractivity contribution >= 4 is 39.0 Å². The predicted octanol–water partition coefficient (Wildman–Crippen LogP) is 14.8. The van der Waals surface area contributed by atoms with Gasteiger partial charge in [-0.05, 0) is 98.6 Å². The van der Waals surface area contributed by atoms with Gasteiger partial charge in [-0.3, -0.25) is 0 Å². The van der Waals surface area contributed by atoms with Gasteiger partial charge in [0.2, 0.25) is 0 Å². The molecule has 0 N–H and O–H groups in total. The van der Waals surface area contributed by atoms with Gasteiger partial charge in [0.05, 0.1) is 5.41 Å². The van der Waals surface area contributed by atoms with Gasteiger partial charge in [-0.2, -0.15) is 0 Å². The molecular weight excluding hydrogens is 691 g/mol. The zero-order chi connectivity index (χ0) is 37.8. The van der Waals surface area contributed by atoms with Crippen LogP contribution in [0.5, 0.6) is 0 Å². The summed E-state index contributed by atoms with van der Waals surface area (Å²) in [5, 5.41) is 2.23. The van der Waals surface area contributed by atoms with Crippen LogP contribution in [-0.4, -0.2) is 0 Å². The molecule has 0 unspecified atom stereocenters. The van der Waals surface area contributed by atoms with Gasteiger partial charge >= 0.3 is 0 Å². The molecule has 0 atom stereocenters. The fraction of sp³-hybridized carbons (Fsp3) is 0.0182. The van der Waals surface area contributed by atoms with Gasteiger partial charge in [-0.15, -0.1) is 0 Å². The van der Waals surface area contributed by atoms with Gasteiger partial charge in [-0.1, -0.05) is 176 Å². The van der Waals surface area contributed by atoms with Crippen molar-refractivity contribution in [2.24, 2.45) is 0 Å². The molecule has 1 aromatic heterocycles. The smallest absolute Gasteiger partial charge is 0.140 e. The largest absolute Gasteiger partial charge is 0.456 e. The molecule has 10 aromatic rings. The number of para-hydroxylation sites is 2. The Morgan fingerprint density at radius 2 is 0.842 bits per heavy atom. The Balaban J connectivity index is 1.05. The first-order valence-corrected chi connectivity index (χ1v) is 19.6. The number of benzene rings is 9. The average Bonchev–Trinajstić information content (AvgIpc) is 3.82. The Bertz CT molecular complexity index is 3010. The first-order valence-electron chi connectivity index (χ1n) is 19.6. The molecule has 1 aliphatic carbocycles. The van der Waals surface area contributed by atoms with E-state index in [4.69, 9.17) is 4.42 Å². The zero-order valence-corrected chi connectivity index (χ0v) is 31.2. The van der Waals surface area contributed by atoms with Crippen LogP contribution >= 0.6 is 0 Å². The van der Waals surface area contributed by atoms with Crippen molar-refractivity contribution in [1.29, 1.82) is 0 Å². The Morgan fingerprint density at radius 3 is 1.56 bits per heavy atom. The number of fused-ring (bicyclic) bond motifs is 6. The monoisotopic (exact) mass is 727 g/mol. The maximum atomic E-state index is 7.09. The molecule has 0 fully saturated rings. The van der Waals surface area contributed by atoms with Crippen molar-refractivity contribution in [3.05, 3.63) is 247 Å². The normalized spacial score (nSPS) is 12.7. The number of hydrogen-bond donors (Lipinski definition) is 0. The van der Waals surface area contributed by atoms with E-state index in [9.17, 15) is 0 Å². The van der Waals surface area contributed by atoms with E-state index in [-0.39, 0.29) is 0 Å². The summed E-state index contributed by atoms with van der Waals surface area (Å²) in [6.45, 7) is 0. The molecule has 0 saturated heterocycles. The number of furan rings is 1. The van der Waals surface area contributed by atoms with E-state index < -0.39 is 5.41 Å². The highest BCUT2D eigenvalue weighted by Gasteiger charge is 2.47. The number of nitrogens with zero attached hydrogens (tertiary/aromatic N) is 1. The van der Waals surface area contributed by atoms with Crippen LogP contribution in [0.4, 0.5) is 17.1 Å². The SMILES string of the molecule is c1ccc(-c2ccc(N(c3ccccc3)c3cccc(-c4ccc5c(c4)oc4c(C6(c7ccccc7)c7ccccc7-c7ccccc76)cccc45)c3)cc2)cc1. The van der Waals surface area contributed by atoms with Crippen molar-refractivity contribution in [2.75, 3.05) is 4.90 Å². The first-order chi connectivity index (χ1) is 28.3. The predicted molar refractivity (Wildman–Crippen MR) is 237 cm³/mol. The molecular formula is C55H37NO. The minimum Gasteiger partial charge on any atom is -0.456 e. The lowest BCUT2D eigenvalue weighted by molar-refractivity contribution is 0.648. The summed E-state index contributed by atoms with van der Waals surface area (Å²) in [5.74, 6) is 0. The Morgan fingerprint density at radius 1 is 0.333 bits per heavy atom. The lowest BCUT2D eigenvalue weighted by atomic mass is 9.67. The molecule has 57 heavy (non-hydrogen) atoms. The van der Waals surface area contributed by atoms with Crippen LogP contribution in [-0.2, 0) is 5.41 Å². The van der Waals surface area contributed by atoms with Gasteiger partial charge in [0.25, 0.3) is 0 Å². The van der Waals surface area contributed by atoms with Gasteiger partial charge in [-0.25, -0.2) is 0 Å². The molecule has 0 radical (unpaired) electrons. The number of hydrogen-bond acceptors (Lipinski definition) is 2. The van der Waals surface area contributed by atoms with Crippen LogP contribution in [0.1, 0.15) is 22.3 Å². The summed E-state index contributed by atoms with van der Waals surface area (Å²) in [5.41, 5.74) is 16.6. The molecule has 0 bridgehead atoms. The Hall–Kier alpha value is -7.42. The Labute approximate surface area is 332 Å². The van der Waals surface area contributed by atoms with E-state index in [0.29, 0.717) is 0 Å². The molecule has 0 saturated carbocycles. The summed E-state index contributed by atoms with van der Waals surface area (Å²) in [6, 6.07) is 80.8. The maximum absolute atomic E-state index is 7.09. The molecule has 2 heteroatoms. The van der Waals surface area contributed by atoms with Crippen molar-refractivity contribution in [3.63, 3.8) is 0 Å². The second-order valence-electron chi connectivity index (χ2n) is 14.8. The van der Waals surface area contributed by atoms with Gasteiger partial charge in [0.1, 0.15) is 11.2 Å². The third-order valence-electron chi connectivity index (χ3n) is 11.7. The summed E-state index contributed by atoms with van der Waals surface area (Å²) >= 11 is 0. The first kappa shape index (κ1) is 33.0. The molecule has 11 rings (SSSR count). The topological polar surface area (TPSA) is 16.4 Å². The van der Waals surface area contributed by atoms with E-state index in [1.54, 1.807) is 0 Å². The average molecular weight is 728 g/mol. The molecule has 268 valence electrons. The van der Waals surface area contributed by atoms with E-state index in [2.05, 4.69) is 229 Å². The molecule has 0 amide bonds. The minimum absolute atomic E-state index is 0.542. The molecule has 0 aliphatic heterocycles. The number of anilines is 3. The quantitative estimate of drug-likeness (QED) is 0.163. The third-order valence-corrected chi connectivity index (χ3v) is 11.7. The lowest BCUT2D eigenvalue weighted by Gasteiger charge is -2.33. The van der Waals surface area contributed by atoms with Crippen molar-refractivity contribution < 1.29 is 4.42 Å². The highest BCUT2D eigenvalue weighted by Crippen LogP contribution is 2.57. The number of rotatable bonds is 7. The highest BCUT2D eigenvalue weighted by molar-refractivity contribution is 6.08. The second kappa shape index (κ2) is 13.4. The van der Waals surface area contributed by atoms with E-state index in [0.717, 1.165) is 55.7 Å². The fourth-order valence-corrected chi connectivity index (χ4v) is 9.24. The van der Waals surface area contributed by atoms with E-state index in [1.807, 2.05) is 0 Å². The van der Waals surface area contributed by atoms with Crippen molar-refractivity contribution in [3.8, 4) is 33.4 Å². The summed E-state index contributed by atoms with van der Waals surface area (Å²) in [4.78, 5) is 2.32. The van der Waals surface area contributed by atoms with E-state index >= 15 is 0 Å². The van der Waals surface area contributed by atoms with Gasteiger partial charge < -0.3 is 9.32 Å². The van der Waals surface area contributed by atoms with Crippen molar-refractivity contribution in [2.45, 2.75) is 5.41 Å². The summed E-state index contributed by atoms with van der Waals surface area (Å²) in [7, 11) is 0. The van der Waals surface area contributed by atoms with Crippen LogP contribution in [0.25, 0.3) is 55.3 Å². The summed E-state index contributed by atoms with van der Waals surface area (Å²) < 4.78 is 7.09. The second-order valence-corrected chi connectivity index (χ2v) is 14.8. The lowest BCUT2D eigenvalue weighted by Crippen LogP contribution is -2.28. The molecule has 0 spiro atoms. The molecule has 1 aliphatic rings. The fourth-order valence-electron chi connectivity index (χ4n) is 9.24. The van der Waals surface area contributed by atoms with Crippen LogP contribution in [0, 0.1) is 0 Å². The third kappa shape index (κ3) is 5.26. The van der Waals surface area contributed by atoms with E-state index in [1.165, 1.54) is 38.9 Å². The Kier molecular flexibility index (Phi) is 7.75. The molecule has 1 heterocycles. The molecule has 9 aromatic carbocycles. The van der Waals surface area contributed by atoms with Gasteiger partial charge in [0, 0.05) is 33.4 Å². The van der Waals surface area contributed by atoms with Crippen LogP contribution in [0.15, 0.2) is 229 Å². The zero-order valence-electron chi connectivity index (χ0n) is 31.2. The van der Waals surface area contributed by atoms with Crippen LogP contribution < -0.4 is 4.90 Å². The maximum Gasteiger partial charge on any atom is 0.140 e. The van der Waals surface area contributed by atoms with Gasteiger partial charge in [0.15, 0.2) is 0 Å². The standard InChI is InChI=1S/C55H37NO/c1-4-16-38(17-5-1)39-30-33-44(34-31-39)56(43-21-8-3-9-22-43)45-23-14-18-40(36-45)41-32-35-48-49-26-15-29-52(54(49)57-53(48)37-41)55(42-19-6-2-7-20-42)50-27-12-10-24-46(50)47-25-11-13-28-51(47)55/h1-37H. The minimum atomic E-state index is -0.542. The van der Waals surface area contributed by atoms with Crippen LogP contribution in [0.2, 0.25) is 0 Å².